The number of carbonyl (C=O) groups is 2. The lowest BCUT2D eigenvalue weighted by Crippen LogP contribution is -2.19. The smallest absolute Gasteiger partial charge is 0.414 e. The minimum absolute atomic E-state index is 0.816. The van der Waals surface area contributed by atoms with Crippen molar-refractivity contribution < 1.29 is 19.8 Å². The molecule has 0 fully saturated rings. The minimum Gasteiger partial charge on any atom is -0.473 e. The molecule has 0 radical (unpaired) electrons. The van der Waals surface area contributed by atoms with Gasteiger partial charge in [0.15, 0.2) is 0 Å². The molecule has 3 rings (SSSR count). The van der Waals surface area contributed by atoms with E-state index in [1.807, 2.05) is 23.5 Å². The second-order valence-corrected chi connectivity index (χ2v) is 6.11. The Morgan fingerprint density at radius 3 is 2.50 bits per heavy atom. The van der Waals surface area contributed by atoms with Crippen LogP contribution in [0.2, 0.25) is 5.02 Å². The number of carboxylic acids is 2. The lowest BCUT2D eigenvalue weighted by atomic mass is 10.1. The first-order valence-corrected chi connectivity index (χ1v) is 7.72. The van der Waals surface area contributed by atoms with E-state index in [1.54, 1.807) is 0 Å². The van der Waals surface area contributed by atoms with Crippen molar-refractivity contribution in [3.05, 3.63) is 40.2 Å². The van der Waals surface area contributed by atoms with Gasteiger partial charge in [-0.2, -0.15) is 0 Å². The van der Waals surface area contributed by atoms with E-state index in [2.05, 4.69) is 23.5 Å². The molecule has 1 aliphatic rings. The van der Waals surface area contributed by atoms with E-state index in [9.17, 15) is 0 Å². The number of fused-ring (bicyclic) bond motifs is 1. The van der Waals surface area contributed by atoms with Crippen LogP contribution in [0.4, 0.5) is 0 Å². The molecule has 0 saturated heterocycles. The van der Waals surface area contributed by atoms with Gasteiger partial charge in [-0.1, -0.05) is 17.7 Å². The summed E-state index contributed by atoms with van der Waals surface area (Å²) in [7, 11) is 0. The standard InChI is InChI=1S/C13H12ClNS.C2H2O4/c14-11-1-2-12-10(7-11)8-13(16-12)9-3-5-15-6-4-9;3-1(4)2(5)6/h1-3,7-8,15H,4-6H2;(H,3,4)(H,5,6). The Hall–Kier alpha value is -1.89. The topological polar surface area (TPSA) is 86.6 Å². The zero-order valence-corrected chi connectivity index (χ0v) is 13.1. The van der Waals surface area contributed by atoms with Crippen molar-refractivity contribution in [2.24, 2.45) is 0 Å². The first kappa shape index (κ1) is 16.5. The number of aliphatic carboxylic acids is 2. The van der Waals surface area contributed by atoms with Gasteiger partial charge in [-0.15, -0.1) is 11.3 Å². The van der Waals surface area contributed by atoms with Crippen molar-refractivity contribution in [2.75, 3.05) is 13.1 Å². The number of benzene rings is 1. The van der Waals surface area contributed by atoms with Crippen molar-refractivity contribution in [3.8, 4) is 0 Å². The van der Waals surface area contributed by atoms with Gasteiger partial charge in [-0.25, -0.2) is 9.59 Å². The fourth-order valence-corrected chi connectivity index (χ4v) is 3.31. The Morgan fingerprint density at radius 2 is 1.91 bits per heavy atom. The molecule has 7 heteroatoms. The molecule has 0 unspecified atom stereocenters. The van der Waals surface area contributed by atoms with Crippen LogP contribution >= 0.6 is 22.9 Å². The van der Waals surface area contributed by atoms with Gasteiger partial charge in [-0.05, 0) is 48.2 Å². The monoisotopic (exact) mass is 339 g/mol. The third kappa shape index (κ3) is 4.30. The van der Waals surface area contributed by atoms with Gasteiger partial charge in [0, 0.05) is 21.1 Å². The largest absolute Gasteiger partial charge is 0.473 e. The maximum absolute atomic E-state index is 9.10. The predicted octanol–water partition coefficient (Wildman–Crippen LogP) is 3.09. The Morgan fingerprint density at radius 1 is 1.18 bits per heavy atom. The molecule has 1 aromatic carbocycles. The van der Waals surface area contributed by atoms with Crippen LogP contribution in [-0.2, 0) is 9.59 Å². The molecule has 0 bridgehead atoms. The first-order valence-electron chi connectivity index (χ1n) is 6.53. The number of hydrogen-bond donors (Lipinski definition) is 3. The van der Waals surface area contributed by atoms with Gasteiger partial charge in [0.05, 0.1) is 0 Å². The molecule has 0 spiro atoms. The molecular formula is C15H14ClNO4S. The molecule has 0 aliphatic carbocycles. The van der Waals surface area contributed by atoms with Crippen LogP contribution in [0.15, 0.2) is 30.3 Å². The highest BCUT2D eigenvalue weighted by atomic mass is 35.5. The van der Waals surface area contributed by atoms with Gasteiger partial charge >= 0.3 is 11.9 Å². The molecular weight excluding hydrogens is 326 g/mol. The van der Waals surface area contributed by atoms with E-state index >= 15 is 0 Å². The van der Waals surface area contributed by atoms with E-state index in [0.717, 1.165) is 24.5 Å². The lowest BCUT2D eigenvalue weighted by molar-refractivity contribution is -0.159. The molecule has 3 N–H and O–H groups in total. The van der Waals surface area contributed by atoms with Crippen LogP contribution in [0, 0.1) is 0 Å². The number of thiophene rings is 1. The summed E-state index contributed by atoms with van der Waals surface area (Å²) in [5.41, 5.74) is 1.47. The van der Waals surface area contributed by atoms with Gasteiger partial charge in [0.1, 0.15) is 0 Å². The predicted molar refractivity (Wildman–Crippen MR) is 87.6 cm³/mol. The zero-order chi connectivity index (χ0) is 16.1. The van der Waals surface area contributed by atoms with Crippen molar-refractivity contribution in [1.82, 2.24) is 5.32 Å². The van der Waals surface area contributed by atoms with Crippen LogP contribution in [-0.4, -0.2) is 35.2 Å². The number of rotatable bonds is 1. The number of nitrogens with one attached hydrogen (secondary N) is 1. The lowest BCUT2D eigenvalue weighted by Gasteiger charge is -2.11. The van der Waals surface area contributed by atoms with Crippen LogP contribution in [0.5, 0.6) is 0 Å². The summed E-state index contributed by atoms with van der Waals surface area (Å²) in [6.07, 6.45) is 3.41. The van der Waals surface area contributed by atoms with Crippen LogP contribution in [0.25, 0.3) is 15.7 Å². The van der Waals surface area contributed by atoms with Crippen LogP contribution < -0.4 is 5.32 Å². The van der Waals surface area contributed by atoms with E-state index in [0.29, 0.717) is 0 Å². The van der Waals surface area contributed by atoms with E-state index in [4.69, 9.17) is 31.4 Å². The first-order chi connectivity index (χ1) is 10.5. The maximum atomic E-state index is 9.10. The van der Waals surface area contributed by atoms with Crippen LogP contribution in [0.3, 0.4) is 0 Å². The number of halogens is 1. The number of hydrogen-bond acceptors (Lipinski definition) is 4. The molecule has 5 nitrogen and oxygen atoms in total. The summed E-state index contributed by atoms with van der Waals surface area (Å²) in [5.74, 6) is -3.65. The van der Waals surface area contributed by atoms with Crippen molar-refractivity contribution in [2.45, 2.75) is 6.42 Å². The second kappa shape index (κ2) is 7.40. The van der Waals surface area contributed by atoms with E-state index < -0.39 is 11.9 Å². The molecule has 22 heavy (non-hydrogen) atoms. The Bertz CT molecular complexity index is 726. The van der Waals surface area contributed by atoms with Gasteiger partial charge < -0.3 is 15.5 Å². The minimum atomic E-state index is -1.82. The molecule has 1 aromatic heterocycles. The highest BCUT2D eigenvalue weighted by Crippen LogP contribution is 2.33. The van der Waals surface area contributed by atoms with Gasteiger partial charge in [0.25, 0.3) is 0 Å². The highest BCUT2D eigenvalue weighted by molar-refractivity contribution is 7.20. The van der Waals surface area contributed by atoms with E-state index in [1.165, 1.54) is 20.5 Å². The van der Waals surface area contributed by atoms with Crippen molar-refractivity contribution >= 4 is 50.5 Å². The van der Waals surface area contributed by atoms with Crippen molar-refractivity contribution in [3.63, 3.8) is 0 Å². The Balaban J connectivity index is 0.000000254. The summed E-state index contributed by atoms with van der Waals surface area (Å²) in [4.78, 5) is 19.6. The average molecular weight is 340 g/mol. The molecule has 0 saturated carbocycles. The van der Waals surface area contributed by atoms with E-state index in [-0.39, 0.29) is 0 Å². The fraction of sp³-hybridized carbons (Fsp3) is 0.200. The summed E-state index contributed by atoms with van der Waals surface area (Å²) in [6.45, 7) is 2.07. The molecule has 1 aliphatic heterocycles. The summed E-state index contributed by atoms with van der Waals surface area (Å²) < 4.78 is 1.32. The normalized spacial score (nSPS) is 14.0. The Kier molecular flexibility index (Phi) is 5.54. The zero-order valence-electron chi connectivity index (χ0n) is 11.5. The van der Waals surface area contributed by atoms with Gasteiger partial charge in [-0.3, -0.25) is 0 Å². The van der Waals surface area contributed by atoms with Crippen molar-refractivity contribution in [1.29, 1.82) is 0 Å². The highest BCUT2D eigenvalue weighted by Gasteiger charge is 2.09. The SMILES string of the molecule is Clc1ccc2sc(C3=CCNCC3)cc2c1.O=C(O)C(=O)O. The molecule has 116 valence electrons. The quantitative estimate of drug-likeness (QED) is 0.695. The molecule has 0 atom stereocenters. The Labute approximate surface area is 135 Å². The summed E-state index contributed by atoms with van der Waals surface area (Å²) >= 11 is 7.85. The third-order valence-corrected chi connectivity index (χ3v) is 4.47. The maximum Gasteiger partial charge on any atom is 0.414 e. The third-order valence-electron chi connectivity index (χ3n) is 3.04. The van der Waals surface area contributed by atoms with Crippen LogP contribution in [0.1, 0.15) is 11.3 Å². The molecule has 0 amide bonds. The summed E-state index contributed by atoms with van der Waals surface area (Å²) in [6, 6.07) is 8.36. The number of carboxylic acid groups (broad SMARTS) is 2. The van der Waals surface area contributed by atoms with Gasteiger partial charge in [0.2, 0.25) is 0 Å². The molecule has 2 heterocycles. The second-order valence-electron chi connectivity index (χ2n) is 4.59. The fourth-order valence-electron chi connectivity index (χ4n) is 2.02. The average Bonchev–Trinajstić information content (AvgIpc) is 2.91. The summed E-state index contributed by atoms with van der Waals surface area (Å²) in [5, 5.41) is 20.2. The molecule has 2 aromatic rings.